The number of nitrogens with one attached hydrogen (secondary N) is 1. The third-order valence-electron chi connectivity index (χ3n) is 7.44. The first kappa shape index (κ1) is 16.2. The summed E-state index contributed by atoms with van der Waals surface area (Å²) < 4.78 is 1.66. The molecule has 138 valence electrons. The highest BCUT2D eigenvalue weighted by atomic mass is 16.2. The molecule has 6 rings (SSSR count). The Kier molecular flexibility index (Phi) is 3.45. The molecule has 1 saturated heterocycles. The van der Waals surface area contributed by atoms with Crippen molar-refractivity contribution in [2.45, 2.75) is 69.1 Å². The van der Waals surface area contributed by atoms with E-state index in [1.807, 2.05) is 6.92 Å². The summed E-state index contributed by atoms with van der Waals surface area (Å²) in [6.07, 6.45) is 11.0. The zero-order valence-corrected chi connectivity index (χ0v) is 15.3. The molecule has 0 spiro atoms. The number of hydrogen-bond acceptors (Lipinski definition) is 5. The summed E-state index contributed by atoms with van der Waals surface area (Å²) in [7, 11) is 0. The van der Waals surface area contributed by atoms with Crippen LogP contribution in [0.4, 0.5) is 0 Å². The second-order valence-electron chi connectivity index (χ2n) is 9.02. The quantitative estimate of drug-likeness (QED) is 0.888. The smallest absolute Gasteiger partial charge is 0.266 e. The van der Waals surface area contributed by atoms with Crippen LogP contribution in [0, 0.1) is 29.1 Å². The SMILES string of the molecule is CC(NC12CC3CC(CC1C3)C2)(C(=O)N1CCC[C@H]1C#N)n1cncn1. The first-order chi connectivity index (χ1) is 12.5. The van der Waals surface area contributed by atoms with Crippen molar-refractivity contribution >= 4 is 5.91 Å². The molecule has 26 heavy (non-hydrogen) atoms. The Morgan fingerprint density at radius 1 is 1.35 bits per heavy atom. The predicted molar refractivity (Wildman–Crippen MR) is 93.4 cm³/mol. The molecule has 1 aromatic rings. The number of nitriles is 1. The van der Waals surface area contributed by atoms with Crippen molar-refractivity contribution in [3.8, 4) is 6.07 Å². The van der Waals surface area contributed by atoms with E-state index in [0.29, 0.717) is 12.5 Å². The Labute approximate surface area is 153 Å². The number of carbonyl (C=O) groups excluding carboxylic acids is 1. The van der Waals surface area contributed by atoms with E-state index >= 15 is 0 Å². The maximum absolute atomic E-state index is 13.6. The molecule has 4 saturated carbocycles. The first-order valence-corrected chi connectivity index (χ1v) is 9.89. The fourth-order valence-corrected chi connectivity index (χ4v) is 6.56. The molecule has 1 aliphatic heterocycles. The van der Waals surface area contributed by atoms with Gasteiger partial charge in [-0.15, -0.1) is 0 Å². The van der Waals surface area contributed by atoms with Gasteiger partial charge in [0.1, 0.15) is 18.7 Å². The number of rotatable bonds is 4. The average Bonchev–Trinajstić information content (AvgIpc) is 3.37. The van der Waals surface area contributed by atoms with E-state index in [9.17, 15) is 10.1 Å². The highest BCUT2D eigenvalue weighted by molar-refractivity contribution is 5.84. The molecule has 4 bridgehead atoms. The summed E-state index contributed by atoms with van der Waals surface area (Å²) in [5, 5.41) is 17.6. The summed E-state index contributed by atoms with van der Waals surface area (Å²) in [6, 6.07) is 1.96. The average molecular weight is 354 g/mol. The summed E-state index contributed by atoms with van der Waals surface area (Å²) in [5.41, 5.74) is -0.957. The van der Waals surface area contributed by atoms with Gasteiger partial charge in [-0.2, -0.15) is 10.4 Å². The van der Waals surface area contributed by atoms with Crippen LogP contribution in [0.1, 0.15) is 51.9 Å². The molecule has 1 N–H and O–H groups in total. The Morgan fingerprint density at radius 2 is 2.12 bits per heavy atom. The van der Waals surface area contributed by atoms with Crippen molar-refractivity contribution in [3.05, 3.63) is 12.7 Å². The van der Waals surface area contributed by atoms with Gasteiger partial charge in [-0.05, 0) is 69.6 Å². The third-order valence-corrected chi connectivity index (χ3v) is 7.44. The molecule has 5 aliphatic rings. The minimum atomic E-state index is -0.991. The minimum Gasteiger partial charge on any atom is -0.323 e. The summed E-state index contributed by atoms with van der Waals surface area (Å²) in [5.74, 6) is 2.21. The standard InChI is InChI=1S/C19H26N6O/c1-18(25-12-21-11-22-25,17(26)24-4-2-3-16(24)10-20)23-19-8-13-5-14(9-19)7-15(19)6-13/h11-16,23H,2-9H2,1H3/t13?,14?,15?,16-,18?,19?/m0/s1. The minimum absolute atomic E-state index is 0.0335. The lowest BCUT2D eigenvalue weighted by molar-refractivity contribution is -0.144. The van der Waals surface area contributed by atoms with Crippen LogP contribution in [0.3, 0.4) is 0 Å². The van der Waals surface area contributed by atoms with E-state index in [1.54, 1.807) is 15.9 Å². The Hall–Kier alpha value is -1.94. The summed E-state index contributed by atoms with van der Waals surface area (Å²) in [4.78, 5) is 19.5. The van der Waals surface area contributed by atoms with Gasteiger partial charge in [0.25, 0.3) is 5.91 Å². The lowest BCUT2D eigenvalue weighted by Crippen LogP contribution is -2.65. The summed E-state index contributed by atoms with van der Waals surface area (Å²) >= 11 is 0. The van der Waals surface area contributed by atoms with Gasteiger partial charge in [0.15, 0.2) is 5.66 Å². The highest BCUT2D eigenvalue weighted by Gasteiger charge is 2.61. The molecule has 4 aliphatic carbocycles. The van der Waals surface area contributed by atoms with E-state index in [2.05, 4.69) is 21.5 Å². The molecule has 2 heterocycles. The van der Waals surface area contributed by atoms with E-state index in [-0.39, 0.29) is 17.5 Å². The fraction of sp³-hybridized carbons (Fsp3) is 0.789. The molecule has 1 aromatic heterocycles. The van der Waals surface area contributed by atoms with Crippen molar-refractivity contribution in [1.29, 1.82) is 5.26 Å². The van der Waals surface area contributed by atoms with Crippen LogP contribution in [0.2, 0.25) is 0 Å². The molecular weight excluding hydrogens is 328 g/mol. The molecule has 7 heteroatoms. The van der Waals surface area contributed by atoms with Crippen molar-refractivity contribution in [1.82, 2.24) is 25.0 Å². The lowest BCUT2D eigenvalue weighted by atomic mass is 9.80. The third kappa shape index (κ3) is 2.18. The van der Waals surface area contributed by atoms with Crippen molar-refractivity contribution in [3.63, 3.8) is 0 Å². The van der Waals surface area contributed by atoms with E-state index < -0.39 is 5.66 Å². The van der Waals surface area contributed by atoms with Gasteiger partial charge in [0, 0.05) is 12.1 Å². The predicted octanol–water partition coefficient (Wildman–Crippen LogP) is 1.63. The van der Waals surface area contributed by atoms with Gasteiger partial charge in [-0.1, -0.05) is 0 Å². The van der Waals surface area contributed by atoms with Gasteiger partial charge in [-0.25, -0.2) is 9.67 Å². The van der Waals surface area contributed by atoms with Crippen LogP contribution in [0.25, 0.3) is 0 Å². The Morgan fingerprint density at radius 3 is 2.77 bits per heavy atom. The first-order valence-electron chi connectivity index (χ1n) is 9.89. The van der Waals surface area contributed by atoms with E-state index in [4.69, 9.17) is 0 Å². The molecular formula is C19H26N6O. The number of aromatic nitrogens is 3. The van der Waals surface area contributed by atoms with Gasteiger partial charge in [-0.3, -0.25) is 10.1 Å². The number of hydrogen-bond donors (Lipinski definition) is 1. The highest BCUT2D eigenvalue weighted by Crippen LogP contribution is 2.61. The normalized spacial score (nSPS) is 39.9. The molecule has 7 nitrogen and oxygen atoms in total. The second kappa shape index (κ2) is 5.53. The van der Waals surface area contributed by atoms with Crippen LogP contribution in [0.5, 0.6) is 0 Å². The van der Waals surface area contributed by atoms with Gasteiger partial charge < -0.3 is 4.90 Å². The van der Waals surface area contributed by atoms with Crippen molar-refractivity contribution < 1.29 is 4.79 Å². The van der Waals surface area contributed by atoms with Gasteiger partial charge in [0.05, 0.1) is 6.07 Å². The maximum Gasteiger partial charge on any atom is 0.266 e. The van der Waals surface area contributed by atoms with Crippen LogP contribution in [-0.4, -0.2) is 43.7 Å². The zero-order valence-electron chi connectivity index (χ0n) is 15.3. The second-order valence-corrected chi connectivity index (χ2v) is 9.02. The molecule has 0 aromatic carbocycles. The molecule has 4 atom stereocenters. The monoisotopic (exact) mass is 354 g/mol. The Balaban J connectivity index is 1.50. The van der Waals surface area contributed by atoms with Crippen LogP contribution >= 0.6 is 0 Å². The molecule has 1 amide bonds. The number of likely N-dealkylation sites (tertiary alicyclic amines) is 1. The number of amides is 1. The van der Waals surface area contributed by atoms with E-state index in [0.717, 1.165) is 37.5 Å². The van der Waals surface area contributed by atoms with Gasteiger partial charge >= 0.3 is 0 Å². The fourth-order valence-electron chi connectivity index (χ4n) is 6.56. The number of carbonyl (C=O) groups is 1. The maximum atomic E-state index is 13.6. The summed E-state index contributed by atoms with van der Waals surface area (Å²) in [6.45, 7) is 2.57. The van der Waals surface area contributed by atoms with Crippen LogP contribution < -0.4 is 5.32 Å². The largest absolute Gasteiger partial charge is 0.323 e. The molecule has 3 unspecified atom stereocenters. The lowest BCUT2D eigenvalue weighted by Gasteiger charge is -2.43. The van der Waals surface area contributed by atoms with Gasteiger partial charge in [0.2, 0.25) is 0 Å². The van der Waals surface area contributed by atoms with Crippen molar-refractivity contribution in [2.24, 2.45) is 17.8 Å². The number of nitrogens with zero attached hydrogens (tertiary/aromatic N) is 5. The van der Waals surface area contributed by atoms with E-state index in [1.165, 1.54) is 25.6 Å². The topological polar surface area (TPSA) is 86.8 Å². The zero-order chi connectivity index (χ0) is 17.9. The Bertz CT molecular complexity index is 741. The van der Waals surface area contributed by atoms with Crippen LogP contribution in [0.15, 0.2) is 12.7 Å². The van der Waals surface area contributed by atoms with Crippen LogP contribution in [-0.2, 0) is 10.5 Å². The molecule has 0 radical (unpaired) electrons. The molecule has 5 fully saturated rings. The van der Waals surface area contributed by atoms with Crippen molar-refractivity contribution in [2.75, 3.05) is 6.54 Å².